The summed E-state index contributed by atoms with van der Waals surface area (Å²) in [6.07, 6.45) is 1.72. The van der Waals surface area contributed by atoms with Crippen LogP contribution in [0, 0.1) is 0 Å². The molecule has 0 fully saturated rings. The number of ether oxygens (including phenoxy) is 2. The minimum absolute atomic E-state index is 0.243. The van der Waals surface area contributed by atoms with Crippen molar-refractivity contribution in [1.29, 1.82) is 0 Å². The van der Waals surface area contributed by atoms with Crippen molar-refractivity contribution in [2.24, 2.45) is 0 Å². The van der Waals surface area contributed by atoms with Crippen LogP contribution in [0.2, 0.25) is 0 Å². The van der Waals surface area contributed by atoms with Crippen LogP contribution in [-0.2, 0) is 14.3 Å². The minimum atomic E-state index is -0.243. The van der Waals surface area contributed by atoms with Gasteiger partial charge in [0.1, 0.15) is 0 Å². The average Bonchev–Trinajstić information content (AvgIpc) is 2.21. The van der Waals surface area contributed by atoms with E-state index in [9.17, 15) is 4.79 Å². The molecule has 1 aliphatic rings. The number of hydrogen-bond donors (Lipinski definition) is 0. The zero-order chi connectivity index (χ0) is 11.3. The standard InChI is InChI=1S/C11H19NO3/c1-4-14-10-9(11(13)15-5-2)7-6-8-12(10)3/h4-8H2,1-3H3. The zero-order valence-corrected chi connectivity index (χ0v) is 9.71. The highest BCUT2D eigenvalue weighted by atomic mass is 16.5. The number of nitrogens with zero attached hydrogens (tertiary/aromatic N) is 1. The predicted molar refractivity (Wildman–Crippen MR) is 57.1 cm³/mol. The molecule has 0 N–H and O–H groups in total. The van der Waals surface area contributed by atoms with Gasteiger partial charge in [-0.05, 0) is 26.7 Å². The lowest BCUT2D eigenvalue weighted by molar-refractivity contribution is -0.139. The topological polar surface area (TPSA) is 38.8 Å². The number of esters is 1. The molecule has 1 aliphatic heterocycles. The summed E-state index contributed by atoms with van der Waals surface area (Å²) in [5, 5.41) is 0. The Balaban J connectivity index is 2.85. The van der Waals surface area contributed by atoms with Crippen LogP contribution in [0.15, 0.2) is 11.5 Å². The summed E-state index contributed by atoms with van der Waals surface area (Å²) < 4.78 is 10.5. The van der Waals surface area contributed by atoms with Crippen LogP contribution in [0.25, 0.3) is 0 Å². The van der Waals surface area contributed by atoms with E-state index in [2.05, 4.69) is 0 Å². The first-order valence-electron chi connectivity index (χ1n) is 5.44. The van der Waals surface area contributed by atoms with Gasteiger partial charge in [0.25, 0.3) is 0 Å². The van der Waals surface area contributed by atoms with Crippen molar-refractivity contribution in [2.75, 3.05) is 26.8 Å². The Morgan fingerprint density at radius 2 is 2.13 bits per heavy atom. The van der Waals surface area contributed by atoms with E-state index < -0.39 is 0 Å². The molecule has 15 heavy (non-hydrogen) atoms. The fourth-order valence-corrected chi connectivity index (χ4v) is 1.67. The second-order valence-corrected chi connectivity index (χ2v) is 3.46. The molecule has 0 spiro atoms. The third-order valence-corrected chi connectivity index (χ3v) is 2.33. The van der Waals surface area contributed by atoms with E-state index in [4.69, 9.17) is 9.47 Å². The normalized spacial score (nSPS) is 16.6. The van der Waals surface area contributed by atoms with E-state index in [1.165, 1.54) is 0 Å². The summed E-state index contributed by atoms with van der Waals surface area (Å²) in [5.74, 6) is 0.440. The van der Waals surface area contributed by atoms with Crippen LogP contribution in [0.3, 0.4) is 0 Å². The first-order chi connectivity index (χ1) is 7.20. The van der Waals surface area contributed by atoms with Gasteiger partial charge in [-0.3, -0.25) is 0 Å². The molecule has 1 heterocycles. The van der Waals surface area contributed by atoms with Gasteiger partial charge < -0.3 is 14.4 Å². The Bertz CT molecular complexity index is 261. The number of carbonyl (C=O) groups excluding carboxylic acids is 1. The summed E-state index contributed by atoms with van der Waals surface area (Å²) in [4.78, 5) is 13.6. The highest BCUT2D eigenvalue weighted by molar-refractivity contribution is 5.89. The van der Waals surface area contributed by atoms with Gasteiger partial charge in [-0.15, -0.1) is 0 Å². The molecule has 0 amide bonds. The maximum atomic E-state index is 11.6. The third-order valence-electron chi connectivity index (χ3n) is 2.33. The van der Waals surface area contributed by atoms with Crippen LogP contribution < -0.4 is 0 Å². The number of carbonyl (C=O) groups is 1. The molecule has 0 unspecified atom stereocenters. The molecule has 0 saturated heterocycles. The van der Waals surface area contributed by atoms with Crippen LogP contribution in [0.1, 0.15) is 26.7 Å². The molecule has 0 saturated carbocycles. The second-order valence-electron chi connectivity index (χ2n) is 3.46. The quantitative estimate of drug-likeness (QED) is 0.664. The van der Waals surface area contributed by atoms with Gasteiger partial charge in [0.05, 0.1) is 18.8 Å². The molecular weight excluding hydrogens is 194 g/mol. The molecular formula is C11H19NO3. The molecule has 0 aromatic heterocycles. The fraction of sp³-hybridized carbons (Fsp3) is 0.727. The van der Waals surface area contributed by atoms with E-state index in [1.807, 2.05) is 25.8 Å². The monoisotopic (exact) mass is 213 g/mol. The highest BCUT2D eigenvalue weighted by Gasteiger charge is 2.24. The highest BCUT2D eigenvalue weighted by Crippen LogP contribution is 2.22. The molecule has 0 aliphatic carbocycles. The maximum absolute atomic E-state index is 11.6. The van der Waals surface area contributed by atoms with Crippen molar-refractivity contribution >= 4 is 5.97 Å². The summed E-state index contributed by atoms with van der Waals surface area (Å²) >= 11 is 0. The first kappa shape index (κ1) is 11.9. The molecule has 0 aromatic carbocycles. The molecule has 1 rings (SSSR count). The Morgan fingerprint density at radius 1 is 1.40 bits per heavy atom. The molecule has 0 bridgehead atoms. The Labute approximate surface area is 90.8 Å². The lowest BCUT2D eigenvalue weighted by Crippen LogP contribution is -2.29. The zero-order valence-electron chi connectivity index (χ0n) is 9.71. The van der Waals surface area contributed by atoms with Crippen molar-refractivity contribution in [3.05, 3.63) is 11.5 Å². The molecule has 4 nitrogen and oxygen atoms in total. The third kappa shape index (κ3) is 2.88. The second kappa shape index (κ2) is 5.63. The van der Waals surface area contributed by atoms with Crippen molar-refractivity contribution in [3.8, 4) is 0 Å². The summed E-state index contributed by atoms with van der Waals surface area (Å²) in [7, 11) is 1.93. The van der Waals surface area contributed by atoms with Crippen LogP contribution in [0.4, 0.5) is 0 Å². The summed E-state index contributed by atoms with van der Waals surface area (Å²) in [5.41, 5.74) is 0.674. The SMILES string of the molecule is CCOC(=O)C1=C(OCC)N(C)CCC1. The van der Waals surface area contributed by atoms with Gasteiger partial charge in [0.15, 0.2) is 5.88 Å². The lowest BCUT2D eigenvalue weighted by atomic mass is 10.1. The summed E-state index contributed by atoms with van der Waals surface area (Å²) in [6.45, 7) is 5.63. The van der Waals surface area contributed by atoms with E-state index in [-0.39, 0.29) is 5.97 Å². The lowest BCUT2D eigenvalue weighted by Gasteiger charge is -2.28. The average molecular weight is 213 g/mol. The molecule has 0 aromatic rings. The van der Waals surface area contributed by atoms with Crippen molar-refractivity contribution in [2.45, 2.75) is 26.7 Å². The maximum Gasteiger partial charge on any atom is 0.339 e. The van der Waals surface area contributed by atoms with Crippen LogP contribution in [-0.4, -0.2) is 37.7 Å². The van der Waals surface area contributed by atoms with Crippen molar-refractivity contribution in [3.63, 3.8) is 0 Å². The Morgan fingerprint density at radius 3 is 2.73 bits per heavy atom. The predicted octanol–water partition coefficient (Wildman–Crippen LogP) is 1.52. The summed E-state index contributed by atoms with van der Waals surface area (Å²) in [6, 6.07) is 0. The van der Waals surface area contributed by atoms with Crippen LogP contribution in [0.5, 0.6) is 0 Å². The van der Waals surface area contributed by atoms with Gasteiger partial charge in [0.2, 0.25) is 0 Å². The van der Waals surface area contributed by atoms with Gasteiger partial charge in [-0.1, -0.05) is 0 Å². The number of rotatable bonds is 4. The molecule has 0 radical (unpaired) electrons. The molecule has 4 heteroatoms. The van der Waals surface area contributed by atoms with E-state index in [1.54, 1.807) is 0 Å². The number of hydrogen-bond acceptors (Lipinski definition) is 4. The van der Waals surface area contributed by atoms with E-state index in [0.717, 1.165) is 19.4 Å². The first-order valence-corrected chi connectivity index (χ1v) is 5.44. The Hall–Kier alpha value is -1.19. The van der Waals surface area contributed by atoms with Gasteiger partial charge in [0, 0.05) is 13.6 Å². The Kier molecular flexibility index (Phi) is 4.46. The van der Waals surface area contributed by atoms with Gasteiger partial charge in [-0.25, -0.2) is 4.79 Å². The van der Waals surface area contributed by atoms with Crippen molar-refractivity contribution in [1.82, 2.24) is 4.90 Å². The van der Waals surface area contributed by atoms with E-state index >= 15 is 0 Å². The van der Waals surface area contributed by atoms with Crippen LogP contribution >= 0.6 is 0 Å². The van der Waals surface area contributed by atoms with Gasteiger partial charge >= 0.3 is 5.97 Å². The van der Waals surface area contributed by atoms with Crippen molar-refractivity contribution < 1.29 is 14.3 Å². The minimum Gasteiger partial charge on any atom is -0.479 e. The van der Waals surface area contributed by atoms with Gasteiger partial charge in [-0.2, -0.15) is 0 Å². The molecule has 0 atom stereocenters. The van der Waals surface area contributed by atoms with E-state index in [0.29, 0.717) is 24.7 Å². The largest absolute Gasteiger partial charge is 0.479 e. The fourth-order valence-electron chi connectivity index (χ4n) is 1.67. The smallest absolute Gasteiger partial charge is 0.339 e. The molecule has 86 valence electrons.